The van der Waals surface area contributed by atoms with Gasteiger partial charge in [0.25, 0.3) is 5.91 Å². The monoisotopic (exact) mass is 328 g/mol. The summed E-state index contributed by atoms with van der Waals surface area (Å²) in [7, 11) is 1.51. The number of carbonyl (C=O) groups excluding carboxylic acids is 1. The zero-order valence-electron chi connectivity index (χ0n) is 13.5. The Morgan fingerprint density at radius 2 is 1.92 bits per heavy atom. The van der Waals surface area contributed by atoms with Crippen molar-refractivity contribution in [3.8, 4) is 5.75 Å². The first-order chi connectivity index (χ1) is 11.6. The van der Waals surface area contributed by atoms with Crippen LogP contribution in [0.3, 0.4) is 0 Å². The zero-order valence-corrected chi connectivity index (χ0v) is 13.5. The first-order valence-electron chi connectivity index (χ1n) is 8.05. The van der Waals surface area contributed by atoms with Gasteiger partial charge in [-0.3, -0.25) is 14.6 Å². The van der Waals surface area contributed by atoms with Gasteiger partial charge >= 0.3 is 5.97 Å². The summed E-state index contributed by atoms with van der Waals surface area (Å²) >= 11 is 0. The van der Waals surface area contributed by atoms with Gasteiger partial charge in [-0.15, -0.1) is 0 Å². The number of carbonyl (C=O) groups is 2. The van der Waals surface area contributed by atoms with Crippen molar-refractivity contribution in [2.24, 2.45) is 5.92 Å². The molecule has 1 aromatic heterocycles. The van der Waals surface area contributed by atoms with E-state index in [4.69, 9.17) is 9.84 Å². The number of aliphatic carboxylic acids is 1. The summed E-state index contributed by atoms with van der Waals surface area (Å²) in [6.45, 7) is 0. The van der Waals surface area contributed by atoms with Gasteiger partial charge in [-0.05, 0) is 31.7 Å². The molecule has 0 saturated heterocycles. The molecule has 2 aromatic rings. The minimum absolute atomic E-state index is 0.00951. The third kappa shape index (κ3) is 3.18. The molecule has 3 rings (SSSR count). The molecule has 0 atom stereocenters. The minimum atomic E-state index is -0.749. The van der Waals surface area contributed by atoms with Gasteiger partial charge in [0, 0.05) is 11.4 Å². The molecule has 1 fully saturated rings. The predicted octanol–water partition coefficient (Wildman–Crippen LogP) is 2.62. The molecule has 1 aliphatic carbocycles. The summed E-state index contributed by atoms with van der Waals surface area (Å²) in [5.41, 5.74) is 1.21. The van der Waals surface area contributed by atoms with Crippen molar-refractivity contribution in [2.75, 3.05) is 7.11 Å². The van der Waals surface area contributed by atoms with E-state index in [1.54, 1.807) is 6.20 Å². The maximum absolute atomic E-state index is 12.8. The van der Waals surface area contributed by atoms with Crippen molar-refractivity contribution >= 4 is 22.8 Å². The largest absolute Gasteiger partial charge is 0.494 e. The van der Waals surface area contributed by atoms with Crippen molar-refractivity contribution in [1.29, 1.82) is 0 Å². The molecule has 126 valence electrons. The topological polar surface area (TPSA) is 88.5 Å². The van der Waals surface area contributed by atoms with Crippen LogP contribution in [0.25, 0.3) is 10.9 Å². The molecule has 0 unspecified atom stereocenters. The van der Waals surface area contributed by atoms with Crippen LogP contribution < -0.4 is 10.1 Å². The smallest absolute Gasteiger partial charge is 0.306 e. The van der Waals surface area contributed by atoms with E-state index in [0.29, 0.717) is 37.0 Å². The van der Waals surface area contributed by atoms with Crippen LogP contribution in [0, 0.1) is 5.92 Å². The lowest BCUT2D eigenvalue weighted by molar-refractivity contribution is -0.142. The molecule has 24 heavy (non-hydrogen) atoms. The summed E-state index contributed by atoms with van der Waals surface area (Å²) < 4.78 is 5.31. The summed E-state index contributed by atoms with van der Waals surface area (Å²) in [6, 6.07) is 7.42. The zero-order chi connectivity index (χ0) is 17.1. The van der Waals surface area contributed by atoms with Crippen LogP contribution in [-0.2, 0) is 4.79 Å². The number of amides is 1. The first kappa shape index (κ1) is 16.2. The SMILES string of the molecule is COc1cnc2ccccc2c1C(=O)NC1CCC(C(=O)O)CC1. The number of carboxylic acid groups (broad SMARTS) is 1. The molecule has 1 aliphatic rings. The van der Waals surface area contributed by atoms with Crippen LogP contribution in [0.2, 0.25) is 0 Å². The normalized spacial score (nSPS) is 20.5. The highest BCUT2D eigenvalue weighted by atomic mass is 16.5. The van der Waals surface area contributed by atoms with Crippen LogP contribution in [0.5, 0.6) is 5.75 Å². The molecule has 0 spiro atoms. The summed E-state index contributed by atoms with van der Waals surface area (Å²) in [5.74, 6) is -0.814. The number of para-hydroxylation sites is 1. The van der Waals surface area contributed by atoms with Gasteiger partial charge in [0.1, 0.15) is 0 Å². The van der Waals surface area contributed by atoms with E-state index in [2.05, 4.69) is 10.3 Å². The second kappa shape index (κ2) is 6.86. The number of hydrogen-bond donors (Lipinski definition) is 2. The first-order valence-corrected chi connectivity index (χ1v) is 8.05. The fraction of sp³-hybridized carbons (Fsp3) is 0.389. The van der Waals surface area contributed by atoms with Crippen molar-refractivity contribution in [1.82, 2.24) is 10.3 Å². The van der Waals surface area contributed by atoms with Crippen LogP contribution in [0.1, 0.15) is 36.0 Å². The van der Waals surface area contributed by atoms with Gasteiger partial charge in [0.05, 0.1) is 30.3 Å². The van der Waals surface area contributed by atoms with Gasteiger partial charge in [-0.25, -0.2) is 0 Å². The van der Waals surface area contributed by atoms with Crippen LogP contribution >= 0.6 is 0 Å². The molecular formula is C18H20N2O4. The van der Waals surface area contributed by atoms with Gasteiger partial charge < -0.3 is 15.2 Å². The van der Waals surface area contributed by atoms with E-state index in [0.717, 1.165) is 10.9 Å². The minimum Gasteiger partial charge on any atom is -0.494 e. The summed E-state index contributed by atoms with van der Waals surface area (Å²) in [4.78, 5) is 28.1. The second-order valence-electron chi connectivity index (χ2n) is 6.08. The molecule has 6 heteroatoms. The molecule has 1 heterocycles. The highest BCUT2D eigenvalue weighted by Crippen LogP contribution is 2.28. The van der Waals surface area contributed by atoms with E-state index >= 15 is 0 Å². The number of benzene rings is 1. The molecule has 0 bridgehead atoms. The van der Waals surface area contributed by atoms with Crippen molar-refractivity contribution < 1.29 is 19.4 Å². The lowest BCUT2D eigenvalue weighted by Crippen LogP contribution is -2.39. The Kier molecular flexibility index (Phi) is 4.64. The molecule has 2 N–H and O–H groups in total. The Bertz CT molecular complexity index is 767. The van der Waals surface area contributed by atoms with E-state index in [-0.39, 0.29) is 17.9 Å². The molecule has 6 nitrogen and oxygen atoms in total. The van der Waals surface area contributed by atoms with Crippen LogP contribution in [0.15, 0.2) is 30.5 Å². The van der Waals surface area contributed by atoms with E-state index in [1.807, 2.05) is 24.3 Å². The number of hydrogen-bond acceptors (Lipinski definition) is 4. The maximum Gasteiger partial charge on any atom is 0.306 e. The molecular weight excluding hydrogens is 308 g/mol. The van der Waals surface area contributed by atoms with E-state index in [1.165, 1.54) is 7.11 Å². The third-order valence-corrected chi connectivity index (χ3v) is 4.60. The van der Waals surface area contributed by atoms with E-state index < -0.39 is 5.97 Å². The number of ether oxygens (including phenoxy) is 1. The number of carboxylic acids is 1. The van der Waals surface area contributed by atoms with Crippen molar-refractivity contribution in [3.05, 3.63) is 36.0 Å². The highest BCUT2D eigenvalue weighted by molar-refractivity contribution is 6.08. The highest BCUT2D eigenvalue weighted by Gasteiger charge is 2.28. The quantitative estimate of drug-likeness (QED) is 0.900. The predicted molar refractivity (Wildman–Crippen MR) is 89.1 cm³/mol. The Labute approximate surface area is 139 Å². The average Bonchev–Trinajstić information content (AvgIpc) is 2.61. The fourth-order valence-corrected chi connectivity index (χ4v) is 3.25. The summed E-state index contributed by atoms with van der Waals surface area (Å²) in [6.07, 6.45) is 4.09. The Morgan fingerprint density at radius 1 is 1.21 bits per heavy atom. The number of methoxy groups -OCH3 is 1. The summed E-state index contributed by atoms with van der Waals surface area (Å²) in [5, 5.41) is 12.8. The van der Waals surface area contributed by atoms with Crippen molar-refractivity contribution in [2.45, 2.75) is 31.7 Å². The van der Waals surface area contributed by atoms with Crippen molar-refractivity contribution in [3.63, 3.8) is 0 Å². The number of nitrogens with one attached hydrogen (secondary N) is 1. The second-order valence-corrected chi connectivity index (χ2v) is 6.08. The van der Waals surface area contributed by atoms with E-state index in [9.17, 15) is 9.59 Å². The maximum atomic E-state index is 12.8. The number of rotatable bonds is 4. The molecule has 0 aliphatic heterocycles. The number of nitrogens with zero attached hydrogens (tertiary/aromatic N) is 1. The number of aromatic nitrogens is 1. The van der Waals surface area contributed by atoms with Crippen LogP contribution in [0.4, 0.5) is 0 Å². The van der Waals surface area contributed by atoms with Gasteiger partial charge in [-0.1, -0.05) is 18.2 Å². The third-order valence-electron chi connectivity index (χ3n) is 4.60. The lowest BCUT2D eigenvalue weighted by atomic mass is 9.86. The van der Waals surface area contributed by atoms with Gasteiger partial charge in [0.15, 0.2) is 5.75 Å². The van der Waals surface area contributed by atoms with Crippen LogP contribution in [-0.4, -0.2) is 35.1 Å². The molecule has 0 radical (unpaired) electrons. The van der Waals surface area contributed by atoms with Gasteiger partial charge in [0.2, 0.25) is 0 Å². The number of fused-ring (bicyclic) bond motifs is 1. The number of pyridine rings is 1. The molecule has 1 amide bonds. The average molecular weight is 328 g/mol. The Morgan fingerprint density at radius 3 is 2.58 bits per heavy atom. The van der Waals surface area contributed by atoms with Gasteiger partial charge in [-0.2, -0.15) is 0 Å². The lowest BCUT2D eigenvalue weighted by Gasteiger charge is -2.27. The Hall–Kier alpha value is -2.63. The molecule has 1 saturated carbocycles. The fourth-order valence-electron chi connectivity index (χ4n) is 3.25. The standard InChI is InChI=1S/C18H20N2O4/c1-24-15-10-19-14-5-3-2-4-13(14)16(15)17(21)20-12-8-6-11(7-9-12)18(22)23/h2-5,10-12H,6-9H2,1H3,(H,20,21)(H,22,23). The molecule has 1 aromatic carbocycles. The Balaban J connectivity index is 1.80.